The number of anilines is 1. The van der Waals surface area contributed by atoms with E-state index in [0.29, 0.717) is 18.9 Å². The molecule has 0 saturated carbocycles. The zero-order valence-electron chi connectivity index (χ0n) is 10.8. The third-order valence-corrected chi connectivity index (χ3v) is 4.30. The van der Waals surface area contributed by atoms with Gasteiger partial charge in [-0.15, -0.1) is 0 Å². The fourth-order valence-corrected chi connectivity index (χ4v) is 2.47. The Morgan fingerprint density at radius 3 is 2.56 bits per heavy atom. The Morgan fingerprint density at radius 1 is 1.33 bits per heavy atom. The van der Waals surface area contributed by atoms with Crippen LogP contribution in [0.25, 0.3) is 0 Å². The Balaban J connectivity index is 2.91. The van der Waals surface area contributed by atoms with Gasteiger partial charge in [-0.25, -0.2) is 19.2 Å². The van der Waals surface area contributed by atoms with Gasteiger partial charge in [-0.1, -0.05) is 0 Å². The lowest BCUT2D eigenvalue weighted by Gasteiger charge is -2.19. The SMILES string of the molecule is CN(C)CCN(C)S(=O)(=O)c1ccnc(NN)c1. The number of aromatic nitrogens is 1. The minimum absolute atomic E-state index is 0.173. The molecule has 1 rings (SSSR count). The molecule has 3 N–H and O–H groups in total. The summed E-state index contributed by atoms with van der Waals surface area (Å²) in [6.07, 6.45) is 1.40. The maximum Gasteiger partial charge on any atom is 0.243 e. The van der Waals surface area contributed by atoms with E-state index in [1.807, 2.05) is 19.0 Å². The molecule has 0 amide bonds. The second kappa shape index (κ2) is 6.10. The molecule has 0 unspecified atom stereocenters. The summed E-state index contributed by atoms with van der Waals surface area (Å²) in [6, 6.07) is 2.85. The minimum atomic E-state index is -3.50. The Bertz CT molecular complexity index is 489. The van der Waals surface area contributed by atoms with E-state index in [0.717, 1.165) is 0 Å². The van der Waals surface area contributed by atoms with Crippen LogP contribution in [-0.2, 0) is 10.0 Å². The monoisotopic (exact) mass is 273 g/mol. The highest BCUT2D eigenvalue weighted by molar-refractivity contribution is 7.89. The number of nitrogens with two attached hydrogens (primary N) is 1. The number of nitrogens with one attached hydrogen (secondary N) is 1. The summed E-state index contributed by atoms with van der Waals surface area (Å²) in [5.41, 5.74) is 2.33. The fraction of sp³-hybridized carbons (Fsp3) is 0.500. The van der Waals surface area contributed by atoms with Gasteiger partial charge in [0.15, 0.2) is 0 Å². The van der Waals surface area contributed by atoms with Crippen LogP contribution in [0, 0.1) is 0 Å². The molecule has 8 heteroatoms. The van der Waals surface area contributed by atoms with Gasteiger partial charge in [-0.3, -0.25) is 0 Å². The van der Waals surface area contributed by atoms with Crippen LogP contribution >= 0.6 is 0 Å². The smallest absolute Gasteiger partial charge is 0.243 e. The summed E-state index contributed by atoms with van der Waals surface area (Å²) in [4.78, 5) is 5.97. The first-order valence-electron chi connectivity index (χ1n) is 5.41. The summed E-state index contributed by atoms with van der Waals surface area (Å²) in [5, 5.41) is 0. The molecule has 1 heterocycles. The molecule has 0 bridgehead atoms. The van der Waals surface area contributed by atoms with Crippen LogP contribution in [0.15, 0.2) is 23.2 Å². The molecule has 0 fully saturated rings. The molecule has 0 aliphatic rings. The van der Waals surface area contributed by atoms with Crippen LogP contribution in [0.1, 0.15) is 0 Å². The first kappa shape index (κ1) is 14.8. The molecular formula is C10H19N5O2S. The zero-order valence-corrected chi connectivity index (χ0v) is 11.6. The Hall–Kier alpha value is -1.22. The molecule has 0 aliphatic carbocycles. The van der Waals surface area contributed by atoms with E-state index in [-0.39, 0.29) is 4.90 Å². The third kappa shape index (κ3) is 3.64. The van der Waals surface area contributed by atoms with E-state index in [9.17, 15) is 8.42 Å². The van der Waals surface area contributed by atoms with Crippen molar-refractivity contribution in [2.45, 2.75) is 4.90 Å². The molecular weight excluding hydrogens is 254 g/mol. The van der Waals surface area contributed by atoms with Crippen molar-refractivity contribution in [3.05, 3.63) is 18.3 Å². The summed E-state index contributed by atoms with van der Waals surface area (Å²) in [6.45, 7) is 1.08. The van der Waals surface area contributed by atoms with Gasteiger partial charge < -0.3 is 10.3 Å². The quantitative estimate of drug-likeness (QED) is 0.539. The minimum Gasteiger partial charge on any atom is -0.308 e. The molecule has 0 radical (unpaired) electrons. The highest BCUT2D eigenvalue weighted by atomic mass is 32.2. The molecule has 7 nitrogen and oxygen atoms in total. The second-order valence-corrected chi connectivity index (χ2v) is 6.20. The van der Waals surface area contributed by atoms with Gasteiger partial charge in [0.05, 0.1) is 4.90 Å². The van der Waals surface area contributed by atoms with Gasteiger partial charge in [0.2, 0.25) is 10.0 Å². The fourth-order valence-electron chi connectivity index (χ4n) is 1.29. The molecule has 0 saturated heterocycles. The molecule has 0 aromatic carbocycles. The highest BCUT2D eigenvalue weighted by Gasteiger charge is 2.20. The number of nitrogen functional groups attached to an aromatic ring is 1. The first-order valence-corrected chi connectivity index (χ1v) is 6.85. The lowest BCUT2D eigenvalue weighted by molar-refractivity contribution is 0.358. The van der Waals surface area contributed by atoms with Crippen molar-refractivity contribution in [3.8, 4) is 0 Å². The van der Waals surface area contributed by atoms with Crippen molar-refractivity contribution in [1.82, 2.24) is 14.2 Å². The van der Waals surface area contributed by atoms with Crippen LogP contribution in [-0.4, -0.2) is 56.8 Å². The molecule has 0 spiro atoms. The lowest BCUT2D eigenvalue weighted by Crippen LogP contribution is -2.33. The van der Waals surface area contributed by atoms with E-state index in [4.69, 9.17) is 5.84 Å². The maximum atomic E-state index is 12.2. The summed E-state index contributed by atoms with van der Waals surface area (Å²) in [5.74, 6) is 5.53. The molecule has 18 heavy (non-hydrogen) atoms. The Morgan fingerprint density at radius 2 is 2.00 bits per heavy atom. The average molecular weight is 273 g/mol. The molecule has 1 aromatic heterocycles. The number of hydrogen-bond acceptors (Lipinski definition) is 6. The van der Waals surface area contributed by atoms with Crippen molar-refractivity contribution in [2.75, 3.05) is 39.7 Å². The molecule has 102 valence electrons. The van der Waals surface area contributed by atoms with Crippen LogP contribution < -0.4 is 11.3 Å². The zero-order chi connectivity index (χ0) is 13.8. The highest BCUT2D eigenvalue weighted by Crippen LogP contribution is 2.15. The number of sulfonamides is 1. The normalized spacial score (nSPS) is 12.1. The van der Waals surface area contributed by atoms with Gasteiger partial charge >= 0.3 is 0 Å². The van der Waals surface area contributed by atoms with Crippen LogP contribution in [0.4, 0.5) is 5.82 Å². The van der Waals surface area contributed by atoms with Crippen LogP contribution in [0.5, 0.6) is 0 Å². The summed E-state index contributed by atoms with van der Waals surface area (Å²) >= 11 is 0. The van der Waals surface area contributed by atoms with Gasteiger partial charge in [0.25, 0.3) is 0 Å². The molecule has 0 atom stereocenters. The van der Waals surface area contributed by atoms with Gasteiger partial charge in [0, 0.05) is 32.4 Å². The molecule has 1 aromatic rings. The van der Waals surface area contributed by atoms with E-state index in [2.05, 4.69) is 10.4 Å². The second-order valence-electron chi connectivity index (χ2n) is 4.15. The van der Waals surface area contributed by atoms with E-state index >= 15 is 0 Å². The number of pyridine rings is 1. The number of likely N-dealkylation sites (N-methyl/N-ethyl adjacent to an activating group) is 2. The van der Waals surface area contributed by atoms with Crippen molar-refractivity contribution >= 4 is 15.8 Å². The van der Waals surface area contributed by atoms with Crippen molar-refractivity contribution in [1.29, 1.82) is 0 Å². The number of hydrogen-bond donors (Lipinski definition) is 2. The van der Waals surface area contributed by atoms with Crippen molar-refractivity contribution in [3.63, 3.8) is 0 Å². The topological polar surface area (TPSA) is 91.6 Å². The maximum absolute atomic E-state index is 12.2. The number of hydrazine groups is 1. The van der Waals surface area contributed by atoms with Crippen LogP contribution in [0.3, 0.4) is 0 Å². The summed E-state index contributed by atoms with van der Waals surface area (Å²) in [7, 11) is 1.84. The summed E-state index contributed by atoms with van der Waals surface area (Å²) < 4.78 is 25.8. The van der Waals surface area contributed by atoms with Gasteiger partial charge in [-0.05, 0) is 20.2 Å². The van der Waals surface area contributed by atoms with E-state index < -0.39 is 10.0 Å². The van der Waals surface area contributed by atoms with Crippen molar-refractivity contribution < 1.29 is 8.42 Å². The predicted molar refractivity (Wildman–Crippen MR) is 70.4 cm³/mol. The Labute approximate surface area is 108 Å². The first-order chi connectivity index (χ1) is 8.37. The van der Waals surface area contributed by atoms with Crippen LogP contribution in [0.2, 0.25) is 0 Å². The average Bonchev–Trinajstić information content (AvgIpc) is 2.35. The predicted octanol–water partition coefficient (Wildman–Crippen LogP) is -0.451. The largest absolute Gasteiger partial charge is 0.308 e. The number of rotatable bonds is 6. The third-order valence-electron chi connectivity index (χ3n) is 2.45. The standard InChI is InChI=1S/C10H19N5O2S/c1-14(2)6-7-15(3)18(16,17)9-4-5-12-10(8-9)13-11/h4-5,8H,6-7,11H2,1-3H3,(H,12,13). The Kier molecular flexibility index (Phi) is 5.03. The van der Waals surface area contributed by atoms with Gasteiger partial charge in [-0.2, -0.15) is 4.31 Å². The molecule has 0 aliphatic heterocycles. The lowest BCUT2D eigenvalue weighted by atomic mass is 10.5. The van der Waals surface area contributed by atoms with E-state index in [1.165, 1.54) is 22.6 Å². The number of nitrogens with zero attached hydrogens (tertiary/aromatic N) is 3. The van der Waals surface area contributed by atoms with Crippen molar-refractivity contribution in [2.24, 2.45) is 5.84 Å². The van der Waals surface area contributed by atoms with E-state index in [1.54, 1.807) is 7.05 Å². The van der Waals surface area contributed by atoms with Gasteiger partial charge in [0.1, 0.15) is 5.82 Å².